The van der Waals surface area contributed by atoms with E-state index in [4.69, 9.17) is 16.3 Å². The Kier molecular flexibility index (Phi) is 3.34. The van der Waals surface area contributed by atoms with Crippen LogP contribution in [-0.4, -0.2) is 16.4 Å². The van der Waals surface area contributed by atoms with Gasteiger partial charge < -0.3 is 4.74 Å². The van der Waals surface area contributed by atoms with Gasteiger partial charge in [-0.15, -0.1) is 0 Å². The molecule has 1 aliphatic rings. The van der Waals surface area contributed by atoms with E-state index in [1.165, 1.54) is 6.42 Å². The first-order valence-corrected chi connectivity index (χ1v) is 7.29. The Morgan fingerprint density at radius 1 is 1.44 bits per heavy atom. The summed E-state index contributed by atoms with van der Waals surface area (Å²) in [5.74, 6) is 0. The van der Waals surface area contributed by atoms with Crippen molar-refractivity contribution in [3.63, 3.8) is 0 Å². The van der Waals surface area contributed by atoms with Crippen LogP contribution in [0.25, 0.3) is 10.9 Å². The van der Waals surface area contributed by atoms with Crippen molar-refractivity contribution in [1.29, 1.82) is 0 Å². The fourth-order valence-electron chi connectivity index (χ4n) is 2.36. The molecule has 1 aromatic heterocycles. The van der Waals surface area contributed by atoms with Gasteiger partial charge in [0.25, 0.3) is 0 Å². The Bertz CT molecular complexity index is 590. The average Bonchev–Trinajstić information content (AvgIpc) is 2.69. The highest BCUT2D eigenvalue weighted by molar-refractivity contribution is 9.10. The van der Waals surface area contributed by atoms with Crippen molar-refractivity contribution >= 4 is 38.4 Å². The third-order valence-corrected chi connectivity index (χ3v) is 4.36. The molecule has 3 rings (SSSR count). The van der Waals surface area contributed by atoms with E-state index in [2.05, 4.69) is 27.1 Å². The minimum atomic E-state index is 0.0336. The van der Waals surface area contributed by atoms with Crippen LogP contribution in [0.4, 0.5) is 0 Å². The fraction of sp³-hybridized carbons (Fsp3) is 0.462. The minimum absolute atomic E-state index is 0.0336. The summed E-state index contributed by atoms with van der Waals surface area (Å²) in [5.41, 5.74) is 2.10. The summed E-state index contributed by atoms with van der Waals surface area (Å²) >= 11 is 9.72. The zero-order chi connectivity index (χ0) is 12.7. The molecule has 1 atom stereocenters. The number of hydrogen-bond donors (Lipinski definition) is 0. The average molecular weight is 330 g/mol. The third kappa shape index (κ3) is 2.06. The zero-order valence-electron chi connectivity index (χ0n) is 10.1. The van der Waals surface area contributed by atoms with Crippen LogP contribution < -0.4 is 0 Å². The molecule has 1 aliphatic heterocycles. The van der Waals surface area contributed by atoms with Gasteiger partial charge in [-0.25, -0.2) is 4.68 Å². The first-order chi connectivity index (χ1) is 8.66. The summed E-state index contributed by atoms with van der Waals surface area (Å²) < 4.78 is 8.59. The predicted octanol–water partition coefficient (Wildman–Crippen LogP) is 4.46. The molecule has 0 aliphatic carbocycles. The Morgan fingerprint density at radius 3 is 3.00 bits per heavy atom. The molecule has 96 valence electrons. The molecule has 1 aromatic carbocycles. The molecule has 0 radical (unpaired) electrons. The smallest absolute Gasteiger partial charge is 0.150 e. The number of fused-ring (bicyclic) bond motifs is 1. The van der Waals surface area contributed by atoms with E-state index in [9.17, 15) is 0 Å². The van der Waals surface area contributed by atoms with E-state index >= 15 is 0 Å². The van der Waals surface area contributed by atoms with Gasteiger partial charge >= 0.3 is 0 Å². The Morgan fingerprint density at radius 2 is 2.28 bits per heavy atom. The van der Waals surface area contributed by atoms with Crippen molar-refractivity contribution in [3.8, 4) is 0 Å². The molecule has 0 bridgehead atoms. The second kappa shape index (κ2) is 4.83. The lowest BCUT2D eigenvalue weighted by Crippen LogP contribution is -2.19. The number of benzene rings is 1. The lowest BCUT2D eigenvalue weighted by Gasteiger charge is -2.23. The van der Waals surface area contributed by atoms with Gasteiger partial charge in [0, 0.05) is 17.0 Å². The summed E-state index contributed by atoms with van der Waals surface area (Å²) in [5, 5.41) is 6.40. The lowest BCUT2D eigenvalue weighted by molar-refractivity contribution is -0.0368. The first-order valence-electron chi connectivity index (χ1n) is 6.12. The molecule has 5 heteroatoms. The number of ether oxygens (including phenoxy) is 1. The normalized spacial score (nSPS) is 20.5. The third-order valence-electron chi connectivity index (χ3n) is 3.37. The number of hydrogen-bond acceptors (Lipinski definition) is 2. The molecule has 1 unspecified atom stereocenters. The fourth-order valence-corrected chi connectivity index (χ4v) is 3.01. The topological polar surface area (TPSA) is 27.1 Å². The molecular weight excluding hydrogens is 316 g/mol. The van der Waals surface area contributed by atoms with Gasteiger partial charge in [0.05, 0.1) is 5.52 Å². The van der Waals surface area contributed by atoms with E-state index < -0.39 is 0 Å². The highest BCUT2D eigenvalue weighted by Gasteiger charge is 2.20. The van der Waals surface area contributed by atoms with E-state index in [0.717, 1.165) is 45.5 Å². The molecule has 0 amide bonds. The monoisotopic (exact) mass is 328 g/mol. The van der Waals surface area contributed by atoms with Crippen molar-refractivity contribution < 1.29 is 4.74 Å². The number of aromatic nitrogens is 2. The molecule has 18 heavy (non-hydrogen) atoms. The van der Waals surface area contributed by atoms with Crippen molar-refractivity contribution in [1.82, 2.24) is 9.78 Å². The molecule has 1 saturated heterocycles. The van der Waals surface area contributed by atoms with Crippen molar-refractivity contribution in [2.45, 2.75) is 32.4 Å². The first kappa shape index (κ1) is 12.5. The summed E-state index contributed by atoms with van der Waals surface area (Å²) in [6, 6.07) is 4.04. The number of rotatable bonds is 1. The van der Waals surface area contributed by atoms with Gasteiger partial charge in [-0.1, -0.05) is 11.6 Å². The van der Waals surface area contributed by atoms with Gasteiger partial charge in [0.2, 0.25) is 0 Å². The van der Waals surface area contributed by atoms with Gasteiger partial charge in [0.15, 0.2) is 6.23 Å². The maximum absolute atomic E-state index is 6.21. The molecular formula is C13H14BrClN2O. The van der Waals surface area contributed by atoms with Gasteiger partial charge in [-0.05, 0) is 59.8 Å². The van der Waals surface area contributed by atoms with Crippen molar-refractivity contribution in [2.75, 3.05) is 6.61 Å². The number of aryl methyl sites for hydroxylation is 1. The van der Waals surface area contributed by atoms with E-state index in [1.807, 2.05) is 17.7 Å². The highest BCUT2D eigenvalue weighted by atomic mass is 79.9. The summed E-state index contributed by atoms with van der Waals surface area (Å²) in [6.45, 7) is 2.81. The molecule has 3 nitrogen and oxygen atoms in total. The van der Waals surface area contributed by atoms with Crippen LogP contribution in [0.2, 0.25) is 5.02 Å². The van der Waals surface area contributed by atoms with Crippen molar-refractivity contribution in [3.05, 3.63) is 27.3 Å². The van der Waals surface area contributed by atoms with Crippen LogP contribution >= 0.6 is 27.5 Å². The Labute approximate surface area is 119 Å². The van der Waals surface area contributed by atoms with Crippen molar-refractivity contribution in [2.24, 2.45) is 0 Å². The zero-order valence-corrected chi connectivity index (χ0v) is 12.5. The molecule has 2 aromatic rings. The summed E-state index contributed by atoms with van der Waals surface area (Å²) in [6.07, 6.45) is 3.36. The molecule has 2 heterocycles. The maximum Gasteiger partial charge on any atom is 0.150 e. The second-order valence-electron chi connectivity index (χ2n) is 4.68. The molecule has 0 saturated carbocycles. The largest absolute Gasteiger partial charge is 0.356 e. The van der Waals surface area contributed by atoms with Crippen LogP contribution in [0.1, 0.15) is 31.1 Å². The van der Waals surface area contributed by atoms with Gasteiger partial charge in [-0.3, -0.25) is 0 Å². The Hall–Kier alpha value is -0.580. The van der Waals surface area contributed by atoms with Gasteiger partial charge in [-0.2, -0.15) is 5.10 Å². The predicted molar refractivity (Wildman–Crippen MR) is 76.0 cm³/mol. The molecule has 0 spiro atoms. The van der Waals surface area contributed by atoms with E-state index in [1.54, 1.807) is 0 Å². The van der Waals surface area contributed by atoms with Crippen LogP contribution in [0.3, 0.4) is 0 Å². The number of nitrogens with zero attached hydrogens (tertiary/aromatic N) is 2. The molecule has 1 fully saturated rings. The summed E-state index contributed by atoms with van der Waals surface area (Å²) in [7, 11) is 0. The number of halogens is 2. The SMILES string of the molecule is Cc1cc2c(Br)nn(C3CCCCO3)c2cc1Cl. The summed E-state index contributed by atoms with van der Waals surface area (Å²) in [4.78, 5) is 0. The maximum atomic E-state index is 6.21. The highest BCUT2D eigenvalue weighted by Crippen LogP contribution is 2.33. The van der Waals surface area contributed by atoms with Crippen LogP contribution in [0.15, 0.2) is 16.7 Å². The van der Waals surface area contributed by atoms with Gasteiger partial charge in [0.1, 0.15) is 4.60 Å². The quantitative estimate of drug-likeness (QED) is 0.772. The second-order valence-corrected chi connectivity index (χ2v) is 5.83. The van der Waals surface area contributed by atoms with E-state index in [-0.39, 0.29) is 6.23 Å². The standard InChI is InChI=1S/C13H14BrClN2O/c1-8-6-9-11(7-10(8)15)17(16-13(9)14)12-4-2-3-5-18-12/h6-7,12H,2-5H2,1H3. The Balaban J connectivity index is 2.14. The van der Waals surface area contributed by atoms with Crippen LogP contribution in [0, 0.1) is 6.92 Å². The van der Waals surface area contributed by atoms with Crippen LogP contribution in [0.5, 0.6) is 0 Å². The van der Waals surface area contributed by atoms with E-state index in [0.29, 0.717) is 0 Å². The minimum Gasteiger partial charge on any atom is -0.356 e. The molecule has 0 N–H and O–H groups in total. The van der Waals surface area contributed by atoms with Crippen LogP contribution in [-0.2, 0) is 4.74 Å². The lowest BCUT2D eigenvalue weighted by atomic mass is 10.1.